The number of thiazole rings is 1. The third-order valence-electron chi connectivity index (χ3n) is 2.56. The number of hydrogen-bond donors (Lipinski definition) is 2. The average molecular weight is 315 g/mol. The first-order valence-electron chi connectivity index (χ1n) is 5.84. The Morgan fingerprint density at radius 3 is 2.85 bits per heavy atom. The molecule has 2 rings (SSSR count). The van der Waals surface area contributed by atoms with Crippen LogP contribution in [0, 0.1) is 12.7 Å². The molecular formula is C12H14FN3O2S2. The standard InChI is InChI=1S/C12H14FN3O2S2/c1-8-7-19-12(16-8)4-5-15-20(17,18)11-6-9(13)2-3-10(11)14/h2-3,6-7,15H,4-5,14H2,1H3. The largest absolute Gasteiger partial charge is 0.398 e. The molecule has 0 atom stereocenters. The summed E-state index contributed by atoms with van der Waals surface area (Å²) >= 11 is 1.47. The fourth-order valence-corrected chi connectivity index (χ4v) is 3.58. The van der Waals surface area contributed by atoms with Crippen molar-refractivity contribution in [3.05, 3.63) is 40.1 Å². The van der Waals surface area contributed by atoms with E-state index >= 15 is 0 Å². The van der Waals surface area contributed by atoms with Crippen LogP contribution in [0.4, 0.5) is 10.1 Å². The molecule has 0 bridgehead atoms. The van der Waals surface area contributed by atoms with E-state index in [9.17, 15) is 12.8 Å². The quantitative estimate of drug-likeness (QED) is 0.822. The molecule has 0 aliphatic carbocycles. The van der Waals surface area contributed by atoms with Crippen LogP contribution in [0.25, 0.3) is 0 Å². The van der Waals surface area contributed by atoms with Gasteiger partial charge in [0, 0.05) is 24.0 Å². The maximum absolute atomic E-state index is 13.1. The molecule has 1 aromatic heterocycles. The molecule has 0 aliphatic heterocycles. The lowest BCUT2D eigenvalue weighted by Crippen LogP contribution is -2.26. The minimum atomic E-state index is -3.81. The highest BCUT2D eigenvalue weighted by Crippen LogP contribution is 2.19. The van der Waals surface area contributed by atoms with Gasteiger partial charge in [-0.25, -0.2) is 22.5 Å². The summed E-state index contributed by atoms with van der Waals surface area (Å²) < 4.78 is 39.6. The molecule has 0 unspecified atom stereocenters. The molecule has 0 radical (unpaired) electrons. The van der Waals surface area contributed by atoms with Gasteiger partial charge in [-0.3, -0.25) is 0 Å². The molecule has 0 fully saturated rings. The minimum Gasteiger partial charge on any atom is -0.398 e. The van der Waals surface area contributed by atoms with Gasteiger partial charge in [-0.05, 0) is 25.1 Å². The van der Waals surface area contributed by atoms with Crippen LogP contribution in [0.15, 0.2) is 28.5 Å². The summed E-state index contributed by atoms with van der Waals surface area (Å²) in [6, 6.07) is 3.26. The Hall–Kier alpha value is -1.51. The summed E-state index contributed by atoms with van der Waals surface area (Å²) in [5, 5.41) is 2.74. The second-order valence-electron chi connectivity index (χ2n) is 4.21. The topological polar surface area (TPSA) is 85.1 Å². The molecule has 20 heavy (non-hydrogen) atoms. The molecule has 5 nitrogen and oxygen atoms in total. The van der Waals surface area contributed by atoms with E-state index in [4.69, 9.17) is 5.73 Å². The minimum absolute atomic E-state index is 0.0176. The van der Waals surface area contributed by atoms with Crippen LogP contribution >= 0.6 is 11.3 Å². The van der Waals surface area contributed by atoms with Crippen molar-refractivity contribution in [3.63, 3.8) is 0 Å². The summed E-state index contributed by atoms with van der Waals surface area (Å²) in [6.45, 7) is 2.06. The Balaban J connectivity index is 2.06. The van der Waals surface area contributed by atoms with Crippen molar-refractivity contribution in [3.8, 4) is 0 Å². The zero-order valence-electron chi connectivity index (χ0n) is 10.8. The number of sulfonamides is 1. The van der Waals surface area contributed by atoms with Gasteiger partial charge in [-0.2, -0.15) is 0 Å². The molecule has 0 spiro atoms. The highest BCUT2D eigenvalue weighted by molar-refractivity contribution is 7.89. The van der Waals surface area contributed by atoms with Crippen LogP contribution in [0.2, 0.25) is 0 Å². The van der Waals surface area contributed by atoms with E-state index in [0.29, 0.717) is 6.42 Å². The number of halogens is 1. The molecule has 3 N–H and O–H groups in total. The Bertz CT molecular complexity index is 713. The Labute approximate surface area is 120 Å². The van der Waals surface area contributed by atoms with E-state index in [0.717, 1.165) is 22.8 Å². The van der Waals surface area contributed by atoms with Crippen LogP contribution in [0.3, 0.4) is 0 Å². The lowest BCUT2D eigenvalue weighted by Gasteiger charge is -2.08. The van der Waals surface area contributed by atoms with Crippen molar-refractivity contribution in [2.75, 3.05) is 12.3 Å². The smallest absolute Gasteiger partial charge is 0.242 e. The number of hydrogen-bond acceptors (Lipinski definition) is 5. The van der Waals surface area contributed by atoms with Gasteiger partial charge in [-0.15, -0.1) is 11.3 Å². The second kappa shape index (κ2) is 5.86. The van der Waals surface area contributed by atoms with E-state index in [-0.39, 0.29) is 17.1 Å². The molecular weight excluding hydrogens is 301 g/mol. The van der Waals surface area contributed by atoms with Gasteiger partial charge in [0.1, 0.15) is 10.7 Å². The average Bonchev–Trinajstić information content (AvgIpc) is 2.78. The van der Waals surface area contributed by atoms with Gasteiger partial charge in [0.25, 0.3) is 0 Å². The Morgan fingerprint density at radius 1 is 1.45 bits per heavy atom. The molecule has 1 heterocycles. The first-order chi connectivity index (χ1) is 9.38. The van der Waals surface area contributed by atoms with Gasteiger partial charge in [0.05, 0.1) is 10.7 Å². The number of nitrogens with zero attached hydrogens (tertiary/aromatic N) is 1. The Kier molecular flexibility index (Phi) is 4.36. The molecule has 108 valence electrons. The number of anilines is 1. The predicted octanol–water partition coefficient (Wildman–Crippen LogP) is 1.69. The number of benzene rings is 1. The SMILES string of the molecule is Cc1csc(CCNS(=O)(=O)c2cc(F)ccc2N)n1. The number of nitrogens with two attached hydrogens (primary N) is 1. The van der Waals surface area contributed by atoms with Crippen molar-refractivity contribution >= 4 is 27.0 Å². The third-order valence-corrected chi connectivity index (χ3v) is 5.11. The maximum atomic E-state index is 13.1. The number of nitrogens with one attached hydrogen (secondary N) is 1. The fraction of sp³-hybridized carbons (Fsp3) is 0.250. The number of aryl methyl sites for hydroxylation is 1. The van der Waals surface area contributed by atoms with Crippen molar-refractivity contribution in [1.82, 2.24) is 9.71 Å². The summed E-state index contributed by atoms with van der Waals surface area (Å²) in [7, 11) is -3.81. The van der Waals surface area contributed by atoms with Crippen LogP contribution in [-0.2, 0) is 16.4 Å². The normalized spacial score (nSPS) is 11.7. The lowest BCUT2D eigenvalue weighted by molar-refractivity contribution is 0.578. The van der Waals surface area contributed by atoms with E-state index < -0.39 is 15.8 Å². The van der Waals surface area contributed by atoms with Crippen LogP contribution in [-0.4, -0.2) is 19.9 Å². The molecule has 0 saturated heterocycles. The van der Waals surface area contributed by atoms with Crippen LogP contribution in [0.5, 0.6) is 0 Å². The number of rotatable bonds is 5. The van der Waals surface area contributed by atoms with Gasteiger partial charge >= 0.3 is 0 Å². The predicted molar refractivity (Wildman–Crippen MR) is 76.6 cm³/mol. The molecule has 0 aliphatic rings. The van der Waals surface area contributed by atoms with Crippen molar-refractivity contribution in [2.24, 2.45) is 0 Å². The number of aromatic nitrogens is 1. The van der Waals surface area contributed by atoms with Crippen molar-refractivity contribution in [2.45, 2.75) is 18.2 Å². The summed E-state index contributed by atoms with van der Waals surface area (Å²) in [5.74, 6) is -0.643. The first-order valence-corrected chi connectivity index (χ1v) is 8.20. The van der Waals surface area contributed by atoms with E-state index in [1.54, 1.807) is 0 Å². The second-order valence-corrected chi connectivity index (χ2v) is 6.89. The molecule has 1 aromatic carbocycles. The summed E-state index contributed by atoms with van der Waals surface area (Å²) in [4.78, 5) is 3.99. The van der Waals surface area contributed by atoms with Gasteiger partial charge < -0.3 is 5.73 Å². The maximum Gasteiger partial charge on any atom is 0.242 e. The molecule has 2 aromatic rings. The molecule has 0 saturated carbocycles. The van der Waals surface area contributed by atoms with Crippen LogP contribution < -0.4 is 10.5 Å². The highest BCUT2D eigenvalue weighted by Gasteiger charge is 2.17. The fourth-order valence-electron chi connectivity index (χ4n) is 1.63. The third kappa shape index (κ3) is 3.53. The zero-order chi connectivity index (χ0) is 14.8. The lowest BCUT2D eigenvalue weighted by atomic mass is 10.3. The van der Waals surface area contributed by atoms with E-state index in [2.05, 4.69) is 9.71 Å². The van der Waals surface area contributed by atoms with E-state index in [1.807, 2.05) is 12.3 Å². The van der Waals surface area contributed by atoms with Crippen molar-refractivity contribution < 1.29 is 12.8 Å². The number of nitrogen functional groups attached to an aromatic ring is 1. The molecule has 0 amide bonds. The molecule has 8 heteroatoms. The van der Waals surface area contributed by atoms with Gasteiger partial charge in [-0.1, -0.05) is 0 Å². The van der Waals surface area contributed by atoms with Crippen LogP contribution in [0.1, 0.15) is 10.7 Å². The van der Waals surface area contributed by atoms with Crippen molar-refractivity contribution in [1.29, 1.82) is 0 Å². The highest BCUT2D eigenvalue weighted by atomic mass is 32.2. The summed E-state index contributed by atoms with van der Waals surface area (Å²) in [6.07, 6.45) is 0.479. The van der Waals surface area contributed by atoms with Gasteiger partial charge in [0.15, 0.2) is 0 Å². The zero-order valence-corrected chi connectivity index (χ0v) is 12.4. The summed E-state index contributed by atoms with van der Waals surface area (Å²) in [5.41, 5.74) is 6.49. The first kappa shape index (κ1) is 14.9. The Morgan fingerprint density at radius 2 is 2.20 bits per heavy atom. The van der Waals surface area contributed by atoms with Gasteiger partial charge in [0.2, 0.25) is 10.0 Å². The monoisotopic (exact) mass is 315 g/mol. The van der Waals surface area contributed by atoms with E-state index in [1.165, 1.54) is 17.4 Å².